The maximum atomic E-state index is 12.1. The van der Waals surface area contributed by atoms with Crippen molar-refractivity contribution in [3.8, 4) is 0 Å². The minimum atomic E-state index is -1.38. The number of esters is 1. The van der Waals surface area contributed by atoms with Crippen molar-refractivity contribution in [1.82, 2.24) is 0 Å². The molecule has 0 heterocycles. The van der Waals surface area contributed by atoms with Gasteiger partial charge in [-0.2, -0.15) is 0 Å². The fraction of sp³-hybridized carbons (Fsp3) is 0.125. The zero-order valence-electron chi connectivity index (χ0n) is 13.9. The monoisotopic (exact) mass is 375 g/mol. The first kappa shape index (κ1) is 19.3. The predicted octanol–water partition coefficient (Wildman–Crippen LogP) is 2.97. The molecule has 2 aromatic carbocycles. The van der Waals surface area contributed by atoms with Crippen LogP contribution < -0.4 is 5.32 Å². The number of anilines is 1. The quantitative estimate of drug-likeness (QED) is 0.459. The van der Waals surface area contributed by atoms with E-state index in [1.54, 1.807) is 18.2 Å². The molecule has 1 N–H and O–H groups in total. The fourth-order valence-corrected chi connectivity index (χ4v) is 2.12. The number of nitrogens with one attached hydrogen (secondary N) is 1. The van der Waals surface area contributed by atoms with Gasteiger partial charge in [-0.15, -0.1) is 0 Å². The molecule has 0 radical (unpaired) electrons. The van der Waals surface area contributed by atoms with Crippen LogP contribution in [0.2, 0.25) is 0 Å². The zero-order valence-corrected chi connectivity index (χ0v) is 13.9. The standard InChI is InChI=1S/C16H13N3O8/c1-26-15(20)14(10-5-3-2-4-6-10)27-16(21)17-11-7-12(18(22)23)9-13(8-11)19(24)25/h2-9,14H,1H3,(H,17,21). The van der Waals surface area contributed by atoms with Gasteiger partial charge in [0.25, 0.3) is 11.4 Å². The summed E-state index contributed by atoms with van der Waals surface area (Å²) in [4.78, 5) is 44.1. The minimum Gasteiger partial charge on any atom is -0.466 e. The van der Waals surface area contributed by atoms with Crippen LogP contribution in [0.1, 0.15) is 11.7 Å². The predicted molar refractivity (Wildman–Crippen MR) is 91.1 cm³/mol. The maximum Gasteiger partial charge on any atom is 0.412 e. The molecule has 1 atom stereocenters. The van der Waals surface area contributed by atoms with Gasteiger partial charge in [-0.3, -0.25) is 25.5 Å². The number of rotatable bonds is 6. The number of ether oxygens (including phenoxy) is 2. The van der Waals surface area contributed by atoms with Gasteiger partial charge in [-0.25, -0.2) is 9.59 Å². The van der Waals surface area contributed by atoms with Gasteiger partial charge < -0.3 is 9.47 Å². The fourth-order valence-electron chi connectivity index (χ4n) is 2.12. The van der Waals surface area contributed by atoms with Crippen LogP contribution >= 0.6 is 0 Å². The molecule has 27 heavy (non-hydrogen) atoms. The number of nitro benzene ring substituents is 2. The molecule has 0 aliphatic heterocycles. The molecule has 0 fully saturated rings. The number of benzene rings is 2. The zero-order chi connectivity index (χ0) is 20.0. The van der Waals surface area contributed by atoms with Gasteiger partial charge >= 0.3 is 12.1 Å². The Hall–Kier alpha value is -4.02. The Morgan fingerprint density at radius 3 is 2.04 bits per heavy atom. The molecule has 11 heteroatoms. The number of nitro groups is 2. The van der Waals surface area contributed by atoms with Crippen LogP contribution in [0, 0.1) is 20.2 Å². The van der Waals surface area contributed by atoms with Gasteiger partial charge in [-0.05, 0) is 0 Å². The van der Waals surface area contributed by atoms with Crippen molar-refractivity contribution < 1.29 is 28.9 Å². The first-order chi connectivity index (χ1) is 12.8. The van der Waals surface area contributed by atoms with Gasteiger partial charge in [0, 0.05) is 17.7 Å². The maximum absolute atomic E-state index is 12.1. The number of hydrogen-bond acceptors (Lipinski definition) is 8. The Morgan fingerprint density at radius 2 is 1.56 bits per heavy atom. The third-order valence-electron chi connectivity index (χ3n) is 3.31. The molecular weight excluding hydrogens is 362 g/mol. The van der Waals surface area contributed by atoms with E-state index in [2.05, 4.69) is 10.1 Å². The lowest BCUT2D eigenvalue weighted by atomic mass is 10.1. The van der Waals surface area contributed by atoms with Crippen molar-refractivity contribution in [2.24, 2.45) is 0 Å². The highest BCUT2D eigenvalue weighted by Gasteiger charge is 2.26. The van der Waals surface area contributed by atoms with Crippen LogP contribution in [0.3, 0.4) is 0 Å². The number of non-ortho nitro benzene ring substituents is 2. The Bertz CT molecular complexity index is 852. The van der Waals surface area contributed by atoms with Crippen molar-refractivity contribution in [3.63, 3.8) is 0 Å². The average Bonchev–Trinajstić information content (AvgIpc) is 2.65. The third-order valence-corrected chi connectivity index (χ3v) is 3.31. The van der Waals surface area contributed by atoms with Crippen LogP contribution in [-0.2, 0) is 14.3 Å². The van der Waals surface area contributed by atoms with Crippen molar-refractivity contribution in [2.45, 2.75) is 6.10 Å². The van der Waals surface area contributed by atoms with E-state index >= 15 is 0 Å². The topological polar surface area (TPSA) is 151 Å². The summed E-state index contributed by atoms with van der Waals surface area (Å²) in [6, 6.07) is 10.6. The molecule has 11 nitrogen and oxygen atoms in total. The molecule has 0 aliphatic carbocycles. The summed E-state index contributed by atoms with van der Waals surface area (Å²) in [5, 5.41) is 23.9. The van der Waals surface area contributed by atoms with Crippen molar-refractivity contribution in [1.29, 1.82) is 0 Å². The van der Waals surface area contributed by atoms with Crippen LogP contribution in [-0.4, -0.2) is 29.0 Å². The minimum absolute atomic E-state index is 0.238. The molecule has 0 bridgehead atoms. The molecule has 0 aliphatic rings. The Kier molecular flexibility index (Phi) is 5.99. The molecular formula is C16H13N3O8. The first-order valence-corrected chi connectivity index (χ1v) is 7.36. The van der Waals surface area contributed by atoms with E-state index in [4.69, 9.17) is 4.74 Å². The highest BCUT2D eigenvalue weighted by molar-refractivity contribution is 5.88. The number of amides is 1. The normalized spacial score (nSPS) is 11.1. The summed E-state index contributed by atoms with van der Waals surface area (Å²) in [5.41, 5.74) is -1.08. The molecule has 140 valence electrons. The van der Waals surface area contributed by atoms with Gasteiger partial charge in [-0.1, -0.05) is 30.3 Å². The van der Waals surface area contributed by atoms with Crippen LogP contribution in [0.5, 0.6) is 0 Å². The summed E-state index contributed by atoms with van der Waals surface area (Å²) < 4.78 is 9.63. The van der Waals surface area contributed by atoms with Crippen molar-refractivity contribution >= 4 is 29.1 Å². The van der Waals surface area contributed by atoms with Crippen molar-refractivity contribution in [3.05, 3.63) is 74.3 Å². The van der Waals surface area contributed by atoms with Crippen LogP contribution in [0.4, 0.5) is 21.9 Å². The largest absolute Gasteiger partial charge is 0.466 e. The lowest BCUT2D eigenvalue weighted by molar-refractivity contribution is -0.394. The average molecular weight is 375 g/mol. The molecule has 0 saturated heterocycles. The summed E-state index contributed by atoms with van der Waals surface area (Å²) in [7, 11) is 1.11. The molecule has 2 rings (SSSR count). The van der Waals surface area contributed by atoms with Gasteiger partial charge in [0.2, 0.25) is 6.10 Å². The van der Waals surface area contributed by atoms with E-state index in [0.29, 0.717) is 5.56 Å². The third kappa shape index (κ3) is 4.98. The molecule has 1 unspecified atom stereocenters. The number of hydrogen-bond donors (Lipinski definition) is 1. The molecule has 0 aromatic heterocycles. The molecule has 2 aromatic rings. The van der Waals surface area contributed by atoms with Gasteiger partial charge in [0.1, 0.15) is 0 Å². The number of carbonyl (C=O) groups excluding carboxylic acids is 2. The van der Waals surface area contributed by atoms with E-state index in [0.717, 1.165) is 25.3 Å². The van der Waals surface area contributed by atoms with Crippen LogP contribution in [0.25, 0.3) is 0 Å². The first-order valence-electron chi connectivity index (χ1n) is 7.36. The van der Waals surface area contributed by atoms with Crippen molar-refractivity contribution in [2.75, 3.05) is 12.4 Å². The number of nitrogens with zero attached hydrogens (tertiary/aromatic N) is 2. The lowest BCUT2D eigenvalue weighted by Gasteiger charge is -2.16. The summed E-state index contributed by atoms with van der Waals surface area (Å²) in [6.07, 6.45) is -2.53. The Balaban J connectivity index is 2.24. The second kappa shape index (κ2) is 8.38. The Morgan fingerprint density at radius 1 is 1.00 bits per heavy atom. The van der Waals surface area contributed by atoms with E-state index in [1.807, 2.05) is 0 Å². The molecule has 0 spiro atoms. The summed E-state index contributed by atoms with van der Waals surface area (Å²) in [6.45, 7) is 0. The number of carbonyl (C=O) groups is 2. The molecule has 1 amide bonds. The van der Waals surface area contributed by atoms with Gasteiger partial charge in [0.05, 0.1) is 28.7 Å². The summed E-state index contributed by atoms with van der Waals surface area (Å²) >= 11 is 0. The highest BCUT2D eigenvalue weighted by atomic mass is 16.6. The van der Waals surface area contributed by atoms with E-state index in [9.17, 15) is 29.8 Å². The highest BCUT2D eigenvalue weighted by Crippen LogP contribution is 2.26. The molecule has 0 saturated carbocycles. The second-order valence-corrected chi connectivity index (χ2v) is 5.10. The van der Waals surface area contributed by atoms with Crippen LogP contribution in [0.15, 0.2) is 48.5 Å². The lowest BCUT2D eigenvalue weighted by Crippen LogP contribution is -2.24. The SMILES string of the molecule is COC(=O)C(OC(=O)Nc1cc([N+](=O)[O-])cc([N+](=O)[O-])c1)c1ccccc1. The number of methoxy groups -OCH3 is 1. The van der Waals surface area contributed by atoms with E-state index in [-0.39, 0.29) is 5.69 Å². The van der Waals surface area contributed by atoms with Gasteiger partial charge in [0.15, 0.2) is 0 Å². The summed E-state index contributed by atoms with van der Waals surface area (Å²) in [5.74, 6) is -0.846. The second-order valence-electron chi connectivity index (χ2n) is 5.10. The van der Waals surface area contributed by atoms with E-state index in [1.165, 1.54) is 12.1 Å². The Labute approximate surface area is 151 Å². The smallest absolute Gasteiger partial charge is 0.412 e. The van der Waals surface area contributed by atoms with E-state index < -0.39 is 39.4 Å².